The van der Waals surface area contributed by atoms with Crippen molar-refractivity contribution >= 4 is 17.3 Å². The summed E-state index contributed by atoms with van der Waals surface area (Å²) in [6, 6.07) is 0. The van der Waals surface area contributed by atoms with E-state index in [1.807, 2.05) is 41.5 Å². The molecule has 0 bridgehead atoms. The van der Waals surface area contributed by atoms with Crippen molar-refractivity contribution in [3.63, 3.8) is 0 Å². The normalized spacial score (nSPS) is 26.7. The van der Waals surface area contributed by atoms with Crippen LogP contribution in [0, 0.1) is 23.7 Å². The minimum Gasteiger partial charge on any atom is -0.390 e. The zero-order valence-electron chi connectivity index (χ0n) is 17.6. The Labute approximate surface area is 163 Å². The molecule has 0 aliphatic heterocycles. The van der Waals surface area contributed by atoms with Gasteiger partial charge in [-0.2, -0.15) is 0 Å². The van der Waals surface area contributed by atoms with Gasteiger partial charge < -0.3 is 10.2 Å². The maximum Gasteiger partial charge on any atom is 0.185 e. The van der Waals surface area contributed by atoms with Crippen molar-refractivity contribution in [2.75, 3.05) is 0 Å². The summed E-state index contributed by atoms with van der Waals surface area (Å²) in [6.45, 7) is 11.6. The molecule has 0 aromatic heterocycles. The van der Waals surface area contributed by atoms with E-state index in [1.54, 1.807) is 6.08 Å². The highest BCUT2D eigenvalue weighted by Crippen LogP contribution is 2.41. The Kier molecular flexibility index (Phi) is 8.55. The van der Waals surface area contributed by atoms with Crippen molar-refractivity contribution < 1.29 is 24.6 Å². The smallest absolute Gasteiger partial charge is 0.185 e. The number of hydrogen-bond donors (Lipinski definition) is 2. The molecule has 0 saturated heterocycles. The van der Waals surface area contributed by atoms with Crippen molar-refractivity contribution in [2.24, 2.45) is 23.7 Å². The molecule has 0 spiro atoms. The molecule has 0 heterocycles. The lowest BCUT2D eigenvalue weighted by Crippen LogP contribution is -2.52. The van der Waals surface area contributed by atoms with Gasteiger partial charge >= 0.3 is 0 Å². The minimum absolute atomic E-state index is 0.132. The van der Waals surface area contributed by atoms with E-state index >= 15 is 0 Å². The first-order chi connectivity index (χ1) is 12.4. The Bertz CT molecular complexity index is 586. The Morgan fingerprint density at radius 2 is 1.63 bits per heavy atom. The summed E-state index contributed by atoms with van der Waals surface area (Å²) in [5.41, 5.74) is -1.24. The van der Waals surface area contributed by atoms with Crippen LogP contribution in [0.3, 0.4) is 0 Å². The fourth-order valence-corrected chi connectivity index (χ4v) is 3.59. The van der Waals surface area contributed by atoms with Gasteiger partial charge in [-0.15, -0.1) is 0 Å². The second-order valence-electron chi connectivity index (χ2n) is 8.98. The molecule has 0 radical (unpaired) electrons. The summed E-state index contributed by atoms with van der Waals surface area (Å²) in [6.07, 6.45) is 2.12. The van der Waals surface area contributed by atoms with Crippen molar-refractivity contribution in [3.05, 3.63) is 11.6 Å². The third-order valence-corrected chi connectivity index (χ3v) is 5.39. The van der Waals surface area contributed by atoms with Gasteiger partial charge in [0.15, 0.2) is 23.0 Å². The number of hydrogen-bond acceptors (Lipinski definition) is 5. The average Bonchev–Trinajstić information content (AvgIpc) is 2.75. The van der Waals surface area contributed by atoms with Crippen LogP contribution in [0.1, 0.15) is 73.6 Å². The molecule has 1 aliphatic rings. The molecule has 2 N–H and O–H groups in total. The van der Waals surface area contributed by atoms with Crippen LogP contribution in [-0.4, -0.2) is 39.3 Å². The molecular weight excluding hydrogens is 344 g/mol. The van der Waals surface area contributed by atoms with Gasteiger partial charge in [-0.3, -0.25) is 14.4 Å². The van der Waals surface area contributed by atoms with Gasteiger partial charge in [-0.1, -0.05) is 39.3 Å². The van der Waals surface area contributed by atoms with Crippen LogP contribution >= 0.6 is 0 Å². The van der Waals surface area contributed by atoms with Crippen LogP contribution in [-0.2, 0) is 14.4 Å². The molecule has 1 saturated carbocycles. The fraction of sp³-hybridized carbons (Fsp3) is 0.773. The molecular formula is C22H36O5. The first kappa shape index (κ1) is 23.7. The Morgan fingerprint density at radius 3 is 2.11 bits per heavy atom. The number of ketones is 3. The largest absolute Gasteiger partial charge is 0.390 e. The molecule has 0 amide bonds. The molecule has 5 heteroatoms. The van der Waals surface area contributed by atoms with Gasteiger partial charge in [0.2, 0.25) is 0 Å². The number of rotatable bonds is 10. The van der Waals surface area contributed by atoms with Crippen molar-refractivity contribution in [1.82, 2.24) is 0 Å². The van der Waals surface area contributed by atoms with Crippen LogP contribution in [0.5, 0.6) is 0 Å². The van der Waals surface area contributed by atoms with E-state index in [9.17, 15) is 24.6 Å². The molecule has 1 fully saturated rings. The second kappa shape index (κ2) is 9.74. The lowest BCUT2D eigenvalue weighted by molar-refractivity contribution is -0.157. The van der Waals surface area contributed by atoms with Gasteiger partial charge in [-0.05, 0) is 51.4 Å². The lowest BCUT2D eigenvalue weighted by Gasteiger charge is -2.32. The van der Waals surface area contributed by atoms with Crippen LogP contribution in [0.2, 0.25) is 0 Å². The second-order valence-corrected chi connectivity index (χ2v) is 8.98. The van der Waals surface area contributed by atoms with Gasteiger partial charge in [0, 0.05) is 6.42 Å². The summed E-state index contributed by atoms with van der Waals surface area (Å²) in [4.78, 5) is 38.5. The third-order valence-electron chi connectivity index (χ3n) is 5.39. The summed E-state index contributed by atoms with van der Waals surface area (Å²) < 4.78 is 0. The van der Waals surface area contributed by atoms with Crippen molar-refractivity contribution in [3.8, 4) is 0 Å². The molecule has 3 unspecified atom stereocenters. The Balaban J connectivity index is 3.18. The number of Topliss-reactive ketones (excluding diaryl/α,β-unsaturated/α-hetero) is 3. The number of carbonyl (C=O) groups is 3. The summed E-state index contributed by atoms with van der Waals surface area (Å²) in [7, 11) is 0. The van der Waals surface area contributed by atoms with Gasteiger partial charge in [0.25, 0.3) is 0 Å². The molecule has 0 aromatic carbocycles. The summed E-state index contributed by atoms with van der Waals surface area (Å²) in [5.74, 6) is -3.75. The highest BCUT2D eigenvalue weighted by Gasteiger charge is 2.63. The summed E-state index contributed by atoms with van der Waals surface area (Å²) >= 11 is 0. The Hall–Kier alpha value is -1.33. The molecule has 1 aliphatic carbocycles. The Morgan fingerprint density at radius 1 is 1.07 bits per heavy atom. The topological polar surface area (TPSA) is 91.7 Å². The highest BCUT2D eigenvalue weighted by molar-refractivity contribution is 6.27. The molecule has 27 heavy (non-hydrogen) atoms. The molecule has 4 atom stereocenters. The predicted molar refractivity (Wildman–Crippen MR) is 105 cm³/mol. The molecule has 0 aromatic rings. The molecule has 154 valence electrons. The van der Waals surface area contributed by atoms with Gasteiger partial charge in [-0.25, -0.2) is 0 Å². The number of aliphatic hydroxyl groups excluding tert-OH is 1. The highest BCUT2D eigenvalue weighted by atomic mass is 16.4. The van der Waals surface area contributed by atoms with E-state index in [4.69, 9.17) is 0 Å². The van der Waals surface area contributed by atoms with E-state index in [0.29, 0.717) is 12.8 Å². The monoisotopic (exact) mass is 380 g/mol. The van der Waals surface area contributed by atoms with E-state index in [0.717, 1.165) is 5.57 Å². The van der Waals surface area contributed by atoms with Crippen LogP contribution < -0.4 is 0 Å². The average molecular weight is 381 g/mol. The van der Waals surface area contributed by atoms with E-state index in [2.05, 4.69) is 0 Å². The van der Waals surface area contributed by atoms with E-state index < -0.39 is 40.9 Å². The first-order valence-electron chi connectivity index (χ1n) is 10.1. The maximum absolute atomic E-state index is 13.0. The standard InChI is InChI=1S/C22H36O5/c1-13(2)7-10-16-20(25)19(17(23)11-8-14(3)4)21(26)22(16,27)18(24)12-9-15(5)6/h7,14-16,18-19,24,27H,8-12H2,1-6H3/t16-,18?,19?,22?/m1/s1. The van der Waals surface area contributed by atoms with Crippen LogP contribution in [0.25, 0.3) is 0 Å². The fourth-order valence-electron chi connectivity index (χ4n) is 3.59. The zero-order chi connectivity index (χ0) is 20.9. The van der Waals surface area contributed by atoms with Crippen LogP contribution in [0.15, 0.2) is 11.6 Å². The zero-order valence-corrected chi connectivity index (χ0v) is 17.6. The van der Waals surface area contributed by atoms with Crippen molar-refractivity contribution in [1.29, 1.82) is 0 Å². The molecule has 5 nitrogen and oxygen atoms in total. The van der Waals surface area contributed by atoms with Crippen molar-refractivity contribution in [2.45, 2.75) is 85.4 Å². The predicted octanol–water partition coefficient (Wildman–Crippen LogP) is 3.26. The first-order valence-corrected chi connectivity index (χ1v) is 10.1. The minimum atomic E-state index is -2.18. The summed E-state index contributed by atoms with van der Waals surface area (Å²) in [5, 5.41) is 21.8. The molecule has 1 rings (SSSR count). The van der Waals surface area contributed by atoms with Crippen LogP contribution in [0.4, 0.5) is 0 Å². The van der Waals surface area contributed by atoms with E-state index in [1.165, 1.54) is 0 Å². The van der Waals surface area contributed by atoms with Gasteiger partial charge in [0.1, 0.15) is 5.92 Å². The number of carbonyl (C=O) groups excluding carboxylic acids is 3. The van der Waals surface area contributed by atoms with Gasteiger partial charge in [0.05, 0.1) is 12.0 Å². The quantitative estimate of drug-likeness (QED) is 0.448. The SMILES string of the molecule is CC(C)=CC[C@@H]1C(=O)C(C(=O)CCC(C)C)C(=O)C1(O)C(O)CCC(C)C. The number of aliphatic hydroxyl groups is 2. The lowest BCUT2D eigenvalue weighted by atomic mass is 9.79. The number of allylic oxidation sites excluding steroid dienone is 2. The third kappa shape index (κ3) is 5.58. The maximum atomic E-state index is 13.0. The van der Waals surface area contributed by atoms with E-state index in [-0.39, 0.29) is 31.1 Å².